The van der Waals surface area contributed by atoms with Crippen LogP contribution in [0.3, 0.4) is 0 Å². The van der Waals surface area contributed by atoms with Crippen LogP contribution < -0.4 is 9.73 Å². The molecule has 0 aliphatic carbocycles. The Morgan fingerprint density at radius 2 is 1.62 bits per heavy atom. The molecule has 1 aliphatic rings. The predicted molar refractivity (Wildman–Crippen MR) is 114 cm³/mol. The average Bonchev–Trinajstić information content (AvgIpc) is 3.37. The molecule has 29 heavy (non-hydrogen) atoms. The molecule has 0 bridgehead atoms. The largest absolute Gasteiger partial charge is 0.356 e. The summed E-state index contributed by atoms with van der Waals surface area (Å²) >= 11 is 0. The molecule has 0 unspecified atom stereocenters. The smallest absolute Gasteiger partial charge is 0.276 e. The van der Waals surface area contributed by atoms with Gasteiger partial charge in [-0.3, -0.25) is 0 Å². The number of benzene rings is 2. The van der Waals surface area contributed by atoms with Gasteiger partial charge in [0.2, 0.25) is 0 Å². The molecule has 4 rings (SSSR count). The van der Waals surface area contributed by atoms with Crippen LogP contribution in [0.5, 0.6) is 0 Å². The molecule has 1 aliphatic heterocycles. The lowest BCUT2D eigenvalue weighted by Gasteiger charge is -2.20. The van der Waals surface area contributed by atoms with E-state index in [0.717, 1.165) is 48.7 Å². The van der Waals surface area contributed by atoms with E-state index in [1.54, 1.807) is 24.4 Å². The summed E-state index contributed by atoms with van der Waals surface area (Å²) in [5, 5.41) is 8.75. The second-order valence-electron chi connectivity index (χ2n) is 6.93. The molecule has 1 saturated heterocycles. The van der Waals surface area contributed by atoms with Gasteiger partial charge in [0, 0.05) is 13.1 Å². The highest BCUT2D eigenvalue weighted by Gasteiger charge is 2.23. The van der Waals surface area contributed by atoms with Crippen molar-refractivity contribution in [2.24, 2.45) is 5.10 Å². The number of aryl methyl sites for hydroxylation is 1. The summed E-state index contributed by atoms with van der Waals surface area (Å²) in [6.07, 6.45) is 3.79. The third-order valence-electron chi connectivity index (χ3n) is 4.91. The fourth-order valence-corrected chi connectivity index (χ4v) is 4.29. The van der Waals surface area contributed by atoms with Crippen LogP contribution >= 0.6 is 0 Å². The van der Waals surface area contributed by atoms with Crippen molar-refractivity contribution in [2.45, 2.75) is 24.7 Å². The fourth-order valence-electron chi connectivity index (χ4n) is 3.47. The third kappa shape index (κ3) is 4.02. The first-order valence-corrected chi connectivity index (χ1v) is 11.0. The van der Waals surface area contributed by atoms with E-state index in [4.69, 9.17) is 5.10 Å². The van der Waals surface area contributed by atoms with Crippen molar-refractivity contribution in [1.82, 2.24) is 14.6 Å². The van der Waals surface area contributed by atoms with Gasteiger partial charge in [0.15, 0.2) is 0 Å². The van der Waals surface area contributed by atoms with Crippen molar-refractivity contribution in [3.05, 3.63) is 71.9 Å². The molecule has 7 nitrogen and oxygen atoms in total. The Hall–Kier alpha value is -3.13. The normalized spacial score (nSPS) is 14.6. The minimum Gasteiger partial charge on any atom is -0.356 e. The number of aromatic nitrogens is 2. The quantitative estimate of drug-likeness (QED) is 0.501. The highest BCUT2D eigenvalue weighted by Crippen LogP contribution is 2.29. The fraction of sp³-hybridized carbons (Fsp3) is 0.238. The molecule has 8 heteroatoms. The van der Waals surface area contributed by atoms with E-state index in [9.17, 15) is 8.42 Å². The molecular formula is C21H23N5O2S. The molecule has 0 saturated carbocycles. The zero-order chi connectivity index (χ0) is 20.3. The topological polar surface area (TPSA) is 79.6 Å². The van der Waals surface area contributed by atoms with E-state index >= 15 is 0 Å². The van der Waals surface area contributed by atoms with Crippen LogP contribution in [0.25, 0.3) is 5.69 Å². The average molecular weight is 410 g/mol. The summed E-state index contributed by atoms with van der Waals surface area (Å²) in [5.74, 6) is 0.939. The Morgan fingerprint density at radius 1 is 1.00 bits per heavy atom. The molecule has 1 aromatic heterocycles. The Balaban J connectivity index is 1.68. The number of nitrogens with one attached hydrogen (secondary N) is 1. The monoisotopic (exact) mass is 409 g/mol. The Morgan fingerprint density at radius 3 is 2.28 bits per heavy atom. The van der Waals surface area contributed by atoms with Crippen molar-refractivity contribution in [2.75, 3.05) is 18.0 Å². The standard InChI is InChI=1S/C21H23N5O2S/c1-17-20(16-22-24-29(27,28)19-12-6-3-7-13-19)21(25-14-8-9-15-25)26(23-17)18-10-4-2-5-11-18/h2-7,10-13,16,24H,8-9,14-15H2,1H3/b22-16+. The Kier molecular flexibility index (Phi) is 5.35. The second kappa shape index (κ2) is 8.08. The van der Waals surface area contributed by atoms with Crippen LogP contribution in [-0.4, -0.2) is 37.5 Å². The van der Waals surface area contributed by atoms with Gasteiger partial charge in [-0.05, 0) is 44.0 Å². The second-order valence-corrected chi connectivity index (χ2v) is 8.59. The van der Waals surface area contributed by atoms with Crippen LogP contribution in [0.1, 0.15) is 24.1 Å². The maximum Gasteiger partial charge on any atom is 0.276 e. The number of hydrogen-bond acceptors (Lipinski definition) is 5. The van der Waals surface area contributed by atoms with Gasteiger partial charge in [-0.2, -0.15) is 18.6 Å². The molecule has 2 aromatic carbocycles. The highest BCUT2D eigenvalue weighted by atomic mass is 32.2. The van der Waals surface area contributed by atoms with E-state index in [2.05, 4.69) is 14.8 Å². The van der Waals surface area contributed by atoms with E-state index in [1.807, 2.05) is 41.9 Å². The molecule has 0 radical (unpaired) electrons. The van der Waals surface area contributed by atoms with Gasteiger partial charge in [-0.1, -0.05) is 36.4 Å². The minimum atomic E-state index is -3.71. The summed E-state index contributed by atoms with van der Waals surface area (Å²) in [5.41, 5.74) is 2.56. The SMILES string of the molecule is Cc1nn(-c2ccccc2)c(N2CCCC2)c1/C=N/NS(=O)(=O)c1ccccc1. The van der Waals surface area contributed by atoms with Crippen LogP contribution in [0.2, 0.25) is 0 Å². The maximum absolute atomic E-state index is 12.4. The van der Waals surface area contributed by atoms with Gasteiger partial charge in [-0.25, -0.2) is 9.51 Å². The summed E-state index contributed by atoms with van der Waals surface area (Å²) in [7, 11) is -3.71. The summed E-state index contributed by atoms with van der Waals surface area (Å²) < 4.78 is 26.7. The van der Waals surface area contributed by atoms with Gasteiger partial charge in [0.05, 0.1) is 28.1 Å². The highest BCUT2D eigenvalue weighted by molar-refractivity contribution is 7.89. The van der Waals surface area contributed by atoms with Gasteiger partial charge in [0.25, 0.3) is 10.0 Å². The van der Waals surface area contributed by atoms with Gasteiger partial charge in [0.1, 0.15) is 5.82 Å². The molecule has 1 fully saturated rings. The number of sulfonamides is 1. The first-order chi connectivity index (χ1) is 14.1. The molecule has 1 N–H and O–H groups in total. The lowest BCUT2D eigenvalue weighted by atomic mass is 10.2. The van der Waals surface area contributed by atoms with Crippen molar-refractivity contribution >= 4 is 22.1 Å². The van der Waals surface area contributed by atoms with E-state index in [-0.39, 0.29) is 4.90 Å². The molecule has 3 aromatic rings. The number of anilines is 1. The summed E-state index contributed by atoms with van der Waals surface area (Å²) in [6, 6.07) is 18.1. The third-order valence-corrected chi connectivity index (χ3v) is 6.15. The lowest BCUT2D eigenvalue weighted by molar-refractivity contribution is 0.584. The van der Waals surface area contributed by atoms with Crippen molar-refractivity contribution in [1.29, 1.82) is 0 Å². The van der Waals surface area contributed by atoms with Gasteiger partial charge in [-0.15, -0.1) is 0 Å². The first kappa shape index (κ1) is 19.2. The van der Waals surface area contributed by atoms with Crippen molar-refractivity contribution in [3.8, 4) is 5.69 Å². The minimum absolute atomic E-state index is 0.175. The van der Waals surface area contributed by atoms with Crippen molar-refractivity contribution in [3.63, 3.8) is 0 Å². The number of hydrogen-bond donors (Lipinski definition) is 1. The number of rotatable bonds is 6. The number of nitrogens with zero attached hydrogens (tertiary/aromatic N) is 4. The zero-order valence-corrected chi connectivity index (χ0v) is 17.0. The molecule has 0 spiro atoms. The van der Waals surface area contributed by atoms with Crippen LogP contribution in [0.15, 0.2) is 70.7 Å². The molecule has 2 heterocycles. The van der Waals surface area contributed by atoms with E-state index in [0.29, 0.717) is 0 Å². The Bertz CT molecular complexity index is 1100. The van der Waals surface area contributed by atoms with Gasteiger partial charge >= 0.3 is 0 Å². The van der Waals surface area contributed by atoms with E-state index in [1.165, 1.54) is 12.1 Å². The first-order valence-electron chi connectivity index (χ1n) is 9.56. The van der Waals surface area contributed by atoms with Crippen LogP contribution in [-0.2, 0) is 10.0 Å². The molecule has 150 valence electrons. The summed E-state index contributed by atoms with van der Waals surface area (Å²) in [4.78, 5) is 4.76. The van der Waals surface area contributed by atoms with Crippen molar-refractivity contribution < 1.29 is 8.42 Å². The Labute approximate surface area is 170 Å². The summed E-state index contributed by atoms with van der Waals surface area (Å²) in [6.45, 7) is 3.79. The number of hydrazone groups is 1. The lowest BCUT2D eigenvalue weighted by Crippen LogP contribution is -2.23. The molecule has 0 amide bonds. The van der Waals surface area contributed by atoms with Gasteiger partial charge < -0.3 is 4.90 Å². The molecule has 0 atom stereocenters. The van der Waals surface area contributed by atoms with E-state index < -0.39 is 10.0 Å². The predicted octanol–water partition coefficient (Wildman–Crippen LogP) is 3.09. The number of para-hydroxylation sites is 1. The maximum atomic E-state index is 12.4. The van der Waals surface area contributed by atoms with Crippen LogP contribution in [0.4, 0.5) is 5.82 Å². The zero-order valence-electron chi connectivity index (χ0n) is 16.2. The molecular weight excluding hydrogens is 386 g/mol. The van der Waals surface area contributed by atoms with Crippen LogP contribution in [0, 0.1) is 6.92 Å².